The lowest BCUT2D eigenvalue weighted by atomic mass is 9.97. The molecule has 272 valence electrons. The summed E-state index contributed by atoms with van der Waals surface area (Å²) in [6.45, 7) is -0.882. The zero-order valence-electron chi connectivity index (χ0n) is 24.6. The Bertz CT molecular complexity index is 1740. The summed E-state index contributed by atoms with van der Waals surface area (Å²) in [6, 6.07) is 1.48. The van der Waals surface area contributed by atoms with Crippen LogP contribution in [-0.2, 0) is 26.7 Å². The Morgan fingerprint density at radius 1 is 0.920 bits per heavy atom. The molecular weight excluding hydrogens is 708 g/mol. The van der Waals surface area contributed by atoms with Gasteiger partial charge in [-0.2, -0.15) is 44.6 Å². The first-order valence-corrected chi connectivity index (χ1v) is 13.6. The van der Waals surface area contributed by atoms with E-state index in [-0.39, 0.29) is 30.7 Å². The van der Waals surface area contributed by atoms with Crippen molar-refractivity contribution in [3.63, 3.8) is 0 Å². The molecule has 0 bridgehead atoms. The molecule has 2 amide bonds. The van der Waals surface area contributed by atoms with Crippen LogP contribution in [0.15, 0.2) is 41.5 Å². The van der Waals surface area contributed by atoms with Crippen LogP contribution in [0.5, 0.6) is 0 Å². The Morgan fingerprint density at radius 3 is 2.02 bits per heavy atom. The average Bonchev–Trinajstić information content (AvgIpc) is 3.48. The van der Waals surface area contributed by atoms with Gasteiger partial charge in [0.25, 0.3) is 5.91 Å². The molecule has 1 aliphatic rings. The van der Waals surface area contributed by atoms with Gasteiger partial charge in [0.15, 0.2) is 5.96 Å². The predicted octanol–water partition coefficient (Wildman–Crippen LogP) is 4.01. The quantitative estimate of drug-likeness (QED) is 0.168. The van der Waals surface area contributed by atoms with Crippen LogP contribution in [0.25, 0.3) is 10.9 Å². The Labute approximate surface area is 272 Å². The van der Waals surface area contributed by atoms with Crippen LogP contribution in [0.1, 0.15) is 39.5 Å². The van der Waals surface area contributed by atoms with Gasteiger partial charge in [-0.3, -0.25) is 19.5 Å². The zero-order valence-corrected chi connectivity index (χ0v) is 24.6. The SMILES string of the molecule is O=C(O)C(F)(F)F.O=C(O)CC(NC(=O)CNC(=O)c1cc(NC2=NCC(F)CN2)c2cn[nH]c2c1)c1cc(C(F)(F)F)cc(C(F)(F)F)c1. The number of alkyl halides is 10. The number of carboxylic acid groups (broad SMARTS) is 2. The number of carbonyl (C=O) groups is 4. The summed E-state index contributed by atoms with van der Waals surface area (Å²) < 4.78 is 125. The number of carbonyl (C=O) groups excluding carboxylic acids is 2. The lowest BCUT2D eigenvalue weighted by molar-refractivity contribution is -0.192. The lowest BCUT2D eigenvalue weighted by Gasteiger charge is -2.21. The molecule has 3 aromatic rings. The maximum absolute atomic E-state index is 13.4. The number of nitrogens with zero attached hydrogens (tertiary/aromatic N) is 2. The van der Waals surface area contributed by atoms with Gasteiger partial charge in [-0.1, -0.05) is 0 Å². The molecule has 0 spiro atoms. The van der Waals surface area contributed by atoms with Crippen LogP contribution in [0.3, 0.4) is 0 Å². The van der Waals surface area contributed by atoms with Crippen molar-refractivity contribution in [2.75, 3.05) is 25.0 Å². The number of aromatic amines is 1. The van der Waals surface area contributed by atoms with Crippen LogP contribution >= 0.6 is 0 Å². The number of aliphatic imine (C=N–C) groups is 1. The van der Waals surface area contributed by atoms with E-state index in [1.807, 2.05) is 0 Å². The summed E-state index contributed by atoms with van der Waals surface area (Å²) in [6.07, 6.45) is -16.2. The normalized spacial score (nSPS) is 15.5. The number of anilines is 1. The molecule has 2 aromatic carbocycles. The Hall–Kier alpha value is -5.64. The smallest absolute Gasteiger partial charge is 0.481 e. The van der Waals surface area contributed by atoms with Crippen molar-refractivity contribution < 1.29 is 73.3 Å². The molecule has 0 radical (unpaired) electrons. The van der Waals surface area contributed by atoms with Crippen molar-refractivity contribution in [2.24, 2.45) is 4.99 Å². The van der Waals surface area contributed by atoms with Crippen LogP contribution in [0.2, 0.25) is 0 Å². The Kier molecular flexibility index (Phi) is 11.9. The van der Waals surface area contributed by atoms with E-state index in [0.29, 0.717) is 28.7 Å². The van der Waals surface area contributed by atoms with Crippen molar-refractivity contribution in [3.05, 3.63) is 58.8 Å². The number of aromatic nitrogens is 2. The summed E-state index contributed by atoms with van der Waals surface area (Å²) in [5, 5.41) is 33.4. The molecule has 23 heteroatoms. The highest BCUT2D eigenvalue weighted by molar-refractivity contribution is 6.07. The van der Waals surface area contributed by atoms with Gasteiger partial charge in [-0.15, -0.1) is 0 Å². The molecule has 2 heterocycles. The Morgan fingerprint density at radius 2 is 1.52 bits per heavy atom. The summed E-state index contributed by atoms with van der Waals surface area (Å²) in [4.78, 5) is 49.7. The van der Waals surface area contributed by atoms with Gasteiger partial charge in [-0.25, -0.2) is 14.2 Å². The fourth-order valence-corrected chi connectivity index (χ4v) is 4.13. The number of hydrogen-bond acceptors (Lipinski definition) is 8. The number of benzene rings is 2. The highest BCUT2D eigenvalue weighted by Gasteiger charge is 2.39. The molecular formula is C27H23F10N7O6. The van der Waals surface area contributed by atoms with Crippen LogP contribution in [-0.4, -0.2) is 82.1 Å². The molecule has 1 aromatic heterocycles. The van der Waals surface area contributed by atoms with Crippen molar-refractivity contribution in [1.82, 2.24) is 26.1 Å². The minimum absolute atomic E-state index is 0.00149. The van der Waals surface area contributed by atoms with Gasteiger partial charge in [-0.05, 0) is 35.9 Å². The molecule has 0 fully saturated rings. The second-order valence-corrected chi connectivity index (χ2v) is 10.2. The van der Waals surface area contributed by atoms with Crippen molar-refractivity contribution in [3.8, 4) is 0 Å². The third kappa shape index (κ3) is 10.9. The number of rotatable bonds is 8. The third-order valence-electron chi connectivity index (χ3n) is 6.39. The first-order valence-electron chi connectivity index (χ1n) is 13.6. The predicted molar refractivity (Wildman–Crippen MR) is 151 cm³/mol. The Balaban J connectivity index is 0.000000872. The largest absolute Gasteiger partial charge is 0.490 e. The molecule has 0 saturated heterocycles. The van der Waals surface area contributed by atoms with E-state index in [9.17, 15) is 63.4 Å². The number of hydrogen-bond donors (Lipinski definition) is 7. The number of carboxylic acids is 2. The zero-order chi connectivity index (χ0) is 37.6. The summed E-state index contributed by atoms with van der Waals surface area (Å²) in [7, 11) is 0. The number of amides is 2. The molecule has 50 heavy (non-hydrogen) atoms. The molecule has 2 atom stereocenters. The first-order chi connectivity index (χ1) is 23.0. The first kappa shape index (κ1) is 38.8. The van der Waals surface area contributed by atoms with E-state index >= 15 is 0 Å². The second kappa shape index (κ2) is 15.3. The lowest BCUT2D eigenvalue weighted by Crippen LogP contribution is -2.41. The summed E-state index contributed by atoms with van der Waals surface area (Å²) in [5.41, 5.74) is -3.38. The molecule has 13 nitrogen and oxygen atoms in total. The van der Waals surface area contributed by atoms with Crippen molar-refractivity contribution in [1.29, 1.82) is 0 Å². The van der Waals surface area contributed by atoms with E-state index in [4.69, 9.17) is 9.90 Å². The monoisotopic (exact) mass is 731 g/mol. The molecule has 2 unspecified atom stereocenters. The summed E-state index contributed by atoms with van der Waals surface area (Å²) >= 11 is 0. The third-order valence-corrected chi connectivity index (χ3v) is 6.39. The fraction of sp³-hybridized carbons (Fsp3) is 0.333. The number of nitrogens with one attached hydrogen (secondary N) is 5. The van der Waals surface area contributed by atoms with E-state index in [1.54, 1.807) is 0 Å². The second-order valence-electron chi connectivity index (χ2n) is 10.2. The van der Waals surface area contributed by atoms with E-state index in [2.05, 4.69) is 36.5 Å². The van der Waals surface area contributed by atoms with Crippen LogP contribution < -0.4 is 21.3 Å². The molecule has 0 aliphatic carbocycles. The van der Waals surface area contributed by atoms with Crippen molar-refractivity contribution in [2.45, 2.75) is 37.2 Å². The van der Waals surface area contributed by atoms with Gasteiger partial charge in [0, 0.05) is 10.9 Å². The molecule has 7 N–H and O–H groups in total. The summed E-state index contributed by atoms with van der Waals surface area (Å²) in [5.74, 6) is -6.04. The fourth-order valence-electron chi connectivity index (χ4n) is 4.13. The number of fused-ring (bicyclic) bond motifs is 1. The van der Waals surface area contributed by atoms with Gasteiger partial charge < -0.3 is 31.5 Å². The maximum atomic E-state index is 13.4. The number of aliphatic carboxylic acids is 2. The minimum atomic E-state index is -5.19. The highest BCUT2D eigenvalue weighted by atomic mass is 19.4. The van der Waals surface area contributed by atoms with Gasteiger partial charge >= 0.3 is 30.5 Å². The van der Waals surface area contributed by atoms with Crippen LogP contribution in [0.4, 0.5) is 49.6 Å². The number of guanidine groups is 1. The van der Waals surface area contributed by atoms with Crippen molar-refractivity contribution >= 4 is 46.3 Å². The van der Waals surface area contributed by atoms with E-state index < -0.39 is 84.2 Å². The van der Waals surface area contributed by atoms with Gasteiger partial charge in [0.05, 0.1) is 60.6 Å². The topological polar surface area (TPSA) is 198 Å². The van der Waals surface area contributed by atoms with E-state index in [0.717, 1.165) is 0 Å². The van der Waals surface area contributed by atoms with E-state index in [1.165, 1.54) is 18.3 Å². The average molecular weight is 732 g/mol. The molecule has 0 saturated carbocycles. The molecule has 1 aliphatic heterocycles. The van der Waals surface area contributed by atoms with Crippen LogP contribution in [0, 0.1) is 0 Å². The number of halogens is 10. The minimum Gasteiger partial charge on any atom is -0.481 e. The number of H-pyrrole nitrogens is 1. The molecule has 4 rings (SSSR count). The standard InChI is InChI=1S/C25H22F7N7O4.C2HF3O2/c26-15-7-34-23(35-8-15)38-18-3-12(4-19-16(18)9-36-39-19)22(43)33-10-20(40)37-17(6-21(41)42)11-1-13(24(27,28)29)5-14(2-11)25(30,31)32;3-2(4,5)1(6)7/h1-5,9,15,17H,6-8,10H2,(H,33,43)(H,36,39)(H,37,40)(H,41,42)(H2,34,35,38);(H,6,7). The maximum Gasteiger partial charge on any atom is 0.490 e. The van der Waals surface area contributed by atoms with Gasteiger partial charge in [0.1, 0.15) is 6.17 Å². The van der Waals surface area contributed by atoms with Gasteiger partial charge in [0.2, 0.25) is 5.91 Å². The highest BCUT2D eigenvalue weighted by Crippen LogP contribution is 2.38.